The Balaban J connectivity index is 1.67. The summed E-state index contributed by atoms with van der Waals surface area (Å²) < 4.78 is 0. The molecule has 1 aromatic heterocycles. The Kier molecular flexibility index (Phi) is 3.85. The van der Waals surface area contributed by atoms with Crippen molar-refractivity contribution in [3.63, 3.8) is 0 Å². The molecule has 1 aliphatic rings. The molecule has 6 heteroatoms. The number of pyridine rings is 1. The molecule has 1 unspecified atom stereocenters. The fourth-order valence-electron chi connectivity index (χ4n) is 3.38. The summed E-state index contributed by atoms with van der Waals surface area (Å²) in [5.74, 6) is -0.329. The summed E-state index contributed by atoms with van der Waals surface area (Å²) in [6.07, 6.45) is 1.69. The van der Waals surface area contributed by atoms with E-state index in [0.717, 1.165) is 16.5 Å². The predicted molar refractivity (Wildman–Crippen MR) is 99.3 cm³/mol. The van der Waals surface area contributed by atoms with Crippen molar-refractivity contribution in [2.24, 2.45) is 0 Å². The van der Waals surface area contributed by atoms with Gasteiger partial charge in [0, 0.05) is 11.6 Å². The maximum atomic E-state index is 13.1. The van der Waals surface area contributed by atoms with Gasteiger partial charge in [0.05, 0.1) is 23.7 Å². The van der Waals surface area contributed by atoms with Gasteiger partial charge in [-0.05, 0) is 36.2 Å². The molecule has 27 heavy (non-hydrogen) atoms. The number of fused-ring (bicyclic) bond motifs is 1. The van der Waals surface area contributed by atoms with Crippen LogP contribution in [0.25, 0.3) is 10.9 Å². The van der Waals surface area contributed by atoms with Crippen molar-refractivity contribution in [2.45, 2.75) is 19.0 Å². The molecule has 6 nitrogen and oxygen atoms in total. The number of rotatable bonds is 3. The van der Waals surface area contributed by atoms with Crippen LogP contribution in [-0.4, -0.2) is 21.8 Å². The van der Waals surface area contributed by atoms with Crippen molar-refractivity contribution in [1.29, 1.82) is 5.26 Å². The van der Waals surface area contributed by atoms with Crippen LogP contribution in [0.3, 0.4) is 0 Å². The number of amides is 3. The number of para-hydroxylation sites is 1. The molecule has 132 valence electrons. The minimum atomic E-state index is -1.16. The van der Waals surface area contributed by atoms with Gasteiger partial charge in [0.2, 0.25) is 0 Å². The van der Waals surface area contributed by atoms with Gasteiger partial charge in [0.1, 0.15) is 5.54 Å². The van der Waals surface area contributed by atoms with Gasteiger partial charge in [-0.3, -0.25) is 14.7 Å². The van der Waals surface area contributed by atoms with Crippen LogP contribution in [0, 0.1) is 11.3 Å². The third-order valence-electron chi connectivity index (χ3n) is 4.91. The van der Waals surface area contributed by atoms with E-state index in [-0.39, 0.29) is 12.5 Å². The van der Waals surface area contributed by atoms with Gasteiger partial charge in [-0.15, -0.1) is 0 Å². The molecule has 1 saturated heterocycles. The topological polar surface area (TPSA) is 86.1 Å². The first-order chi connectivity index (χ1) is 13.0. The van der Waals surface area contributed by atoms with Gasteiger partial charge >= 0.3 is 6.03 Å². The summed E-state index contributed by atoms with van der Waals surface area (Å²) in [5, 5.41) is 12.7. The zero-order valence-corrected chi connectivity index (χ0v) is 14.6. The van der Waals surface area contributed by atoms with E-state index in [1.165, 1.54) is 4.90 Å². The van der Waals surface area contributed by atoms with Crippen LogP contribution < -0.4 is 5.32 Å². The number of nitrogens with one attached hydrogen (secondary N) is 1. The van der Waals surface area contributed by atoms with Crippen LogP contribution >= 0.6 is 0 Å². The Morgan fingerprint density at radius 1 is 1.11 bits per heavy atom. The minimum absolute atomic E-state index is 0.144. The number of hydrogen-bond donors (Lipinski definition) is 1. The highest BCUT2D eigenvalue weighted by Crippen LogP contribution is 2.30. The first-order valence-corrected chi connectivity index (χ1v) is 8.50. The average Bonchev–Trinajstić information content (AvgIpc) is 2.92. The van der Waals surface area contributed by atoms with Crippen LogP contribution in [0.4, 0.5) is 4.79 Å². The molecule has 1 atom stereocenters. The van der Waals surface area contributed by atoms with Gasteiger partial charge in [0.15, 0.2) is 0 Å². The van der Waals surface area contributed by atoms with E-state index in [1.807, 2.05) is 36.4 Å². The van der Waals surface area contributed by atoms with Crippen LogP contribution in [0.1, 0.15) is 23.6 Å². The lowest BCUT2D eigenvalue weighted by Crippen LogP contribution is -2.40. The fraction of sp³-hybridized carbons (Fsp3) is 0.143. The molecule has 2 heterocycles. The lowest BCUT2D eigenvalue weighted by molar-refractivity contribution is -0.131. The van der Waals surface area contributed by atoms with E-state index in [1.54, 1.807) is 37.4 Å². The lowest BCUT2D eigenvalue weighted by atomic mass is 9.91. The highest BCUT2D eigenvalue weighted by atomic mass is 16.2. The molecule has 0 saturated carbocycles. The Morgan fingerprint density at radius 2 is 1.85 bits per heavy atom. The normalized spacial score (nSPS) is 19.2. The van der Waals surface area contributed by atoms with E-state index < -0.39 is 11.6 Å². The number of carbonyl (C=O) groups is 2. The Hall–Kier alpha value is -3.72. The number of nitrogens with zero attached hydrogens (tertiary/aromatic N) is 3. The fourth-order valence-corrected chi connectivity index (χ4v) is 3.38. The molecule has 3 amide bonds. The van der Waals surface area contributed by atoms with Crippen LogP contribution in [-0.2, 0) is 16.9 Å². The summed E-state index contributed by atoms with van der Waals surface area (Å²) >= 11 is 0. The number of carbonyl (C=O) groups excluding carboxylic acids is 2. The SMILES string of the molecule is CC1(c2ccc(C#N)cc2)NC(=O)N(Cc2cccc3cccnc23)C1=O. The monoisotopic (exact) mass is 356 g/mol. The van der Waals surface area contributed by atoms with Crippen LogP contribution in [0.5, 0.6) is 0 Å². The van der Waals surface area contributed by atoms with Crippen molar-refractivity contribution in [3.8, 4) is 6.07 Å². The number of imide groups is 1. The molecule has 1 fully saturated rings. The first-order valence-electron chi connectivity index (χ1n) is 8.50. The van der Waals surface area contributed by atoms with E-state index in [4.69, 9.17) is 5.26 Å². The quantitative estimate of drug-likeness (QED) is 0.731. The molecule has 0 bridgehead atoms. The summed E-state index contributed by atoms with van der Waals surface area (Å²) in [6.45, 7) is 1.82. The number of aromatic nitrogens is 1. The van der Waals surface area contributed by atoms with Crippen molar-refractivity contribution in [1.82, 2.24) is 15.2 Å². The van der Waals surface area contributed by atoms with E-state index in [9.17, 15) is 9.59 Å². The van der Waals surface area contributed by atoms with E-state index in [2.05, 4.69) is 10.3 Å². The summed E-state index contributed by atoms with van der Waals surface area (Å²) in [5.41, 5.74) is 1.55. The Bertz CT molecular complexity index is 1100. The summed E-state index contributed by atoms with van der Waals surface area (Å²) in [6, 6.07) is 17.8. The standard InChI is InChI=1S/C21H16N4O2/c1-21(17-9-7-14(12-22)8-10-17)19(26)25(20(27)24-21)13-16-5-2-4-15-6-3-11-23-18(15)16/h2-11H,13H2,1H3,(H,24,27). The number of urea groups is 1. The molecule has 1 aliphatic heterocycles. The van der Waals surface area contributed by atoms with Crippen LogP contribution in [0.15, 0.2) is 60.8 Å². The second-order valence-electron chi connectivity index (χ2n) is 6.63. The molecule has 0 radical (unpaired) electrons. The molecular weight excluding hydrogens is 340 g/mol. The molecule has 1 N–H and O–H groups in total. The molecule has 0 aliphatic carbocycles. The molecular formula is C21H16N4O2. The van der Waals surface area contributed by atoms with Crippen molar-refractivity contribution < 1.29 is 9.59 Å². The highest BCUT2D eigenvalue weighted by Gasteiger charge is 2.48. The molecule has 3 aromatic rings. The van der Waals surface area contributed by atoms with Crippen LogP contribution in [0.2, 0.25) is 0 Å². The second-order valence-corrected chi connectivity index (χ2v) is 6.63. The number of hydrogen-bond acceptors (Lipinski definition) is 4. The highest BCUT2D eigenvalue weighted by molar-refractivity contribution is 6.07. The average molecular weight is 356 g/mol. The zero-order chi connectivity index (χ0) is 19.0. The number of nitriles is 1. The lowest BCUT2D eigenvalue weighted by Gasteiger charge is -2.22. The number of benzene rings is 2. The summed E-state index contributed by atoms with van der Waals surface area (Å²) in [4.78, 5) is 31.2. The van der Waals surface area contributed by atoms with Crippen molar-refractivity contribution >= 4 is 22.8 Å². The maximum Gasteiger partial charge on any atom is 0.325 e. The Morgan fingerprint density at radius 3 is 2.59 bits per heavy atom. The predicted octanol–water partition coefficient (Wildman–Crippen LogP) is 3.07. The van der Waals surface area contributed by atoms with Crippen molar-refractivity contribution in [3.05, 3.63) is 77.5 Å². The zero-order valence-electron chi connectivity index (χ0n) is 14.6. The minimum Gasteiger partial charge on any atom is -0.319 e. The first kappa shape index (κ1) is 16.7. The van der Waals surface area contributed by atoms with E-state index in [0.29, 0.717) is 11.1 Å². The smallest absolute Gasteiger partial charge is 0.319 e. The van der Waals surface area contributed by atoms with E-state index >= 15 is 0 Å². The van der Waals surface area contributed by atoms with Gasteiger partial charge < -0.3 is 5.32 Å². The second kappa shape index (κ2) is 6.22. The largest absolute Gasteiger partial charge is 0.325 e. The molecule has 2 aromatic carbocycles. The molecule has 0 spiro atoms. The van der Waals surface area contributed by atoms with Gasteiger partial charge in [-0.25, -0.2) is 4.79 Å². The third-order valence-corrected chi connectivity index (χ3v) is 4.91. The third kappa shape index (κ3) is 2.70. The maximum absolute atomic E-state index is 13.1. The van der Waals surface area contributed by atoms with Gasteiger partial charge in [-0.2, -0.15) is 5.26 Å². The summed E-state index contributed by atoms with van der Waals surface area (Å²) in [7, 11) is 0. The van der Waals surface area contributed by atoms with Crippen molar-refractivity contribution in [2.75, 3.05) is 0 Å². The van der Waals surface area contributed by atoms with Gasteiger partial charge in [0.25, 0.3) is 5.91 Å². The van der Waals surface area contributed by atoms with Gasteiger partial charge in [-0.1, -0.05) is 36.4 Å². The Labute approximate surface area is 156 Å². The molecule has 4 rings (SSSR count).